The lowest BCUT2D eigenvalue weighted by molar-refractivity contribution is -0.202. The molecule has 3 aliphatic rings. The molecular formula is C15H21FN6O3. The molecule has 3 unspecified atom stereocenters. The maximum absolute atomic E-state index is 13.0. The van der Waals surface area contributed by atoms with Gasteiger partial charge in [-0.1, -0.05) is 0 Å². The summed E-state index contributed by atoms with van der Waals surface area (Å²) in [4.78, 5) is 26.8. The van der Waals surface area contributed by atoms with Crippen LogP contribution in [0, 0.1) is 5.92 Å². The first-order valence-corrected chi connectivity index (χ1v) is 8.63. The summed E-state index contributed by atoms with van der Waals surface area (Å²) < 4.78 is 19.2. The van der Waals surface area contributed by atoms with Crippen LogP contribution in [0.4, 0.5) is 4.39 Å². The molecule has 0 radical (unpaired) electrons. The molecule has 0 aromatic carbocycles. The molecule has 25 heavy (non-hydrogen) atoms. The Morgan fingerprint density at radius 1 is 1.40 bits per heavy atom. The van der Waals surface area contributed by atoms with Crippen molar-refractivity contribution >= 4 is 11.8 Å². The van der Waals surface area contributed by atoms with E-state index in [-0.39, 0.29) is 30.1 Å². The maximum Gasteiger partial charge on any atom is 0.243 e. The predicted molar refractivity (Wildman–Crippen MR) is 81.9 cm³/mol. The van der Waals surface area contributed by atoms with Gasteiger partial charge in [0.25, 0.3) is 0 Å². The second kappa shape index (κ2) is 6.32. The summed E-state index contributed by atoms with van der Waals surface area (Å²) in [7, 11) is 0. The third-order valence-corrected chi connectivity index (χ3v) is 5.08. The SMILES string of the molecule is O=C(Cn1ncnn1)NCC1CCCC2(CN(C(=O)C3CC3F)C2)O1. The number of carbonyl (C=O) groups excluding carboxylic acids is 2. The Bertz CT molecular complexity index is 648. The van der Waals surface area contributed by atoms with E-state index in [9.17, 15) is 14.0 Å². The first kappa shape index (κ1) is 16.4. The lowest BCUT2D eigenvalue weighted by Crippen LogP contribution is -2.67. The Morgan fingerprint density at radius 2 is 2.20 bits per heavy atom. The highest BCUT2D eigenvalue weighted by molar-refractivity contribution is 5.83. The van der Waals surface area contributed by atoms with Crippen molar-refractivity contribution in [2.24, 2.45) is 5.92 Å². The number of carbonyl (C=O) groups is 2. The molecule has 4 rings (SSSR count). The minimum atomic E-state index is -0.959. The topological polar surface area (TPSA) is 102 Å². The van der Waals surface area contributed by atoms with E-state index in [1.54, 1.807) is 4.90 Å². The molecule has 0 bridgehead atoms. The van der Waals surface area contributed by atoms with Crippen LogP contribution in [0.2, 0.25) is 0 Å². The molecule has 9 nitrogen and oxygen atoms in total. The van der Waals surface area contributed by atoms with E-state index in [1.165, 1.54) is 11.1 Å². The lowest BCUT2D eigenvalue weighted by Gasteiger charge is -2.53. The summed E-state index contributed by atoms with van der Waals surface area (Å²) in [5, 5.41) is 13.8. The van der Waals surface area contributed by atoms with Crippen LogP contribution in [0.3, 0.4) is 0 Å². The summed E-state index contributed by atoms with van der Waals surface area (Å²) >= 11 is 0. The zero-order chi connectivity index (χ0) is 17.4. The Kier molecular flexibility index (Phi) is 4.14. The second-order valence-electron chi connectivity index (χ2n) is 7.14. The molecule has 136 valence electrons. The van der Waals surface area contributed by atoms with Crippen molar-refractivity contribution in [3.8, 4) is 0 Å². The van der Waals surface area contributed by atoms with Gasteiger partial charge in [0.2, 0.25) is 11.8 Å². The van der Waals surface area contributed by atoms with Gasteiger partial charge >= 0.3 is 0 Å². The molecule has 1 N–H and O–H groups in total. The van der Waals surface area contributed by atoms with Crippen LogP contribution < -0.4 is 5.32 Å². The van der Waals surface area contributed by atoms with Crippen molar-refractivity contribution < 1.29 is 18.7 Å². The summed E-state index contributed by atoms with van der Waals surface area (Å²) in [5.74, 6) is -0.715. The van der Waals surface area contributed by atoms with Gasteiger partial charge in [0.05, 0.1) is 25.1 Å². The summed E-state index contributed by atoms with van der Waals surface area (Å²) in [5.41, 5.74) is -0.322. The number of halogens is 1. The number of hydrogen-bond acceptors (Lipinski definition) is 6. The fourth-order valence-corrected chi connectivity index (χ4v) is 3.63. The fourth-order valence-electron chi connectivity index (χ4n) is 3.63. The third kappa shape index (κ3) is 3.48. The average molecular weight is 352 g/mol. The van der Waals surface area contributed by atoms with E-state index in [0.717, 1.165) is 19.3 Å². The molecule has 1 aromatic rings. The van der Waals surface area contributed by atoms with Crippen molar-refractivity contribution in [2.75, 3.05) is 19.6 Å². The van der Waals surface area contributed by atoms with Gasteiger partial charge in [-0.25, -0.2) is 4.39 Å². The molecule has 2 amide bonds. The van der Waals surface area contributed by atoms with Crippen LogP contribution in [0.25, 0.3) is 0 Å². The molecule has 1 aromatic heterocycles. The van der Waals surface area contributed by atoms with Gasteiger partial charge in [0.15, 0.2) is 6.33 Å². The lowest BCUT2D eigenvalue weighted by atomic mass is 9.84. The van der Waals surface area contributed by atoms with Crippen molar-refractivity contribution in [3.63, 3.8) is 0 Å². The molecule has 1 aliphatic carbocycles. The number of aromatic nitrogens is 4. The molecule has 10 heteroatoms. The number of ether oxygens (including phenoxy) is 1. The van der Waals surface area contributed by atoms with E-state index in [4.69, 9.17) is 4.74 Å². The zero-order valence-electron chi connectivity index (χ0n) is 13.8. The molecule has 3 heterocycles. The number of nitrogens with one attached hydrogen (secondary N) is 1. The van der Waals surface area contributed by atoms with E-state index < -0.39 is 12.1 Å². The Balaban J connectivity index is 1.22. The Morgan fingerprint density at radius 3 is 2.88 bits per heavy atom. The van der Waals surface area contributed by atoms with Gasteiger partial charge in [0, 0.05) is 6.54 Å². The Labute approximate surface area is 143 Å². The van der Waals surface area contributed by atoms with Gasteiger partial charge in [-0.3, -0.25) is 9.59 Å². The first-order valence-electron chi connectivity index (χ1n) is 8.63. The van der Waals surface area contributed by atoms with Crippen molar-refractivity contribution in [1.29, 1.82) is 0 Å². The largest absolute Gasteiger partial charge is 0.366 e. The van der Waals surface area contributed by atoms with Crippen molar-refractivity contribution in [1.82, 2.24) is 30.4 Å². The minimum absolute atomic E-state index is 0.0198. The van der Waals surface area contributed by atoms with E-state index in [0.29, 0.717) is 26.1 Å². The van der Waals surface area contributed by atoms with Gasteiger partial charge in [-0.15, -0.1) is 10.2 Å². The van der Waals surface area contributed by atoms with Gasteiger partial charge in [0.1, 0.15) is 18.3 Å². The molecular weight excluding hydrogens is 331 g/mol. The van der Waals surface area contributed by atoms with E-state index in [2.05, 4.69) is 20.7 Å². The van der Waals surface area contributed by atoms with Crippen LogP contribution in [-0.2, 0) is 20.9 Å². The number of amides is 2. The fraction of sp³-hybridized carbons (Fsp3) is 0.800. The molecule has 2 saturated heterocycles. The van der Waals surface area contributed by atoms with Crippen LogP contribution >= 0.6 is 0 Å². The molecule has 1 spiro atoms. The van der Waals surface area contributed by atoms with Gasteiger partial charge < -0.3 is 15.0 Å². The number of tetrazole rings is 1. The second-order valence-corrected chi connectivity index (χ2v) is 7.14. The van der Waals surface area contributed by atoms with Gasteiger partial charge in [-0.05, 0) is 30.9 Å². The highest BCUT2D eigenvalue weighted by Crippen LogP contribution is 2.41. The predicted octanol–water partition coefficient (Wildman–Crippen LogP) is -0.703. The first-order chi connectivity index (χ1) is 12.0. The minimum Gasteiger partial charge on any atom is -0.366 e. The van der Waals surface area contributed by atoms with E-state index in [1.807, 2.05) is 0 Å². The number of likely N-dealkylation sites (tertiary alicyclic amines) is 1. The van der Waals surface area contributed by atoms with Crippen molar-refractivity contribution in [2.45, 2.75) is 50.1 Å². The third-order valence-electron chi connectivity index (χ3n) is 5.08. The summed E-state index contributed by atoms with van der Waals surface area (Å²) in [6.07, 6.45) is 3.35. The number of alkyl halides is 1. The van der Waals surface area contributed by atoms with Gasteiger partial charge in [-0.2, -0.15) is 4.80 Å². The standard InChI is InChI=1S/C15H21FN6O3/c16-12-4-11(12)14(24)21-7-15(8-21)3-1-2-10(25-15)5-17-13(23)6-22-19-9-18-20-22/h9-12H,1-8H2,(H,17,23). The number of nitrogens with zero attached hydrogens (tertiary/aromatic N) is 5. The smallest absolute Gasteiger partial charge is 0.243 e. The quantitative estimate of drug-likeness (QED) is 0.752. The van der Waals surface area contributed by atoms with Crippen molar-refractivity contribution in [3.05, 3.63) is 6.33 Å². The van der Waals surface area contributed by atoms with Crippen LogP contribution in [0.1, 0.15) is 25.7 Å². The molecule has 1 saturated carbocycles. The molecule has 3 fully saturated rings. The van der Waals surface area contributed by atoms with Crippen LogP contribution in [0.15, 0.2) is 6.33 Å². The zero-order valence-corrected chi connectivity index (χ0v) is 13.8. The highest BCUT2D eigenvalue weighted by Gasteiger charge is 2.54. The molecule has 2 aliphatic heterocycles. The Hall–Kier alpha value is -2.10. The average Bonchev–Trinajstić information content (AvgIpc) is 3.08. The maximum atomic E-state index is 13.0. The van der Waals surface area contributed by atoms with Crippen LogP contribution in [0.5, 0.6) is 0 Å². The number of hydrogen-bond donors (Lipinski definition) is 1. The highest BCUT2D eigenvalue weighted by atomic mass is 19.1. The summed E-state index contributed by atoms with van der Waals surface area (Å²) in [6, 6.07) is 0. The van der Waals surface area contributed by atoms with Crippen LogP contribution in [-0.4, -0.2) is 74.4 Å². The molecule has 3 atom stereocenters. The monoisotopic (exact) mass is 352 g/mol. The van der Waals surface area contributed by atoms with E-state index >= 15 is 0 Å². The normalized spacial score (nSPS) is 30.0. The number of rotatable bonds is 5. The summed E-state index contributed by atoms with van der Waals surface area (Å²) in [6.45, 7) is 1.50.